The van der Waals surface area contributed by atoms with Crippen molar-refractivity contribution >= 4 is 11.6 Å². The Morgan fingerprint density at radius 3 is 2.73 bits per heavy atom. The molecule has 0 saturated heterocycles. The van der Waals surface area contributed by atoms with Crippen LogP contribution in [0.3, 0.4) is 0 Å². The van der Waals surface area contributed by atoms with Crippen molar-refractivity contribution < 1.29 is 4.74 Å². The van der Waals surface area contributed by atoms with Crippen molar-refractivity contribution in [1.82, 2.24) is 9.97 Å². The third kappa shape index (κ3) is 4.47. The van der Waals surface area contributed by atoms with Gasteiger partial charge >= 0.3 is 0 Å². The van der Waals surface area contributed by atoms with Gasteiger partial charge < -0.3 is 4.74 Å². The van der Waals surface area contributed by atoms with E-state index in [0.717, 1.165) is 18.7 Å². The van der Waals surface area contributed by atoms with Gasteiger partial charge in [-0.25, -0.2) is 4.98 Å². The van der Waals surface area contributed by atoms with Gasteiger partial charge in [-0.05, 0) is 12.3 Å². The van der Waals surface area contributed by atoms with Crippen LogP contribution in [0.25, 0.3) is 0 Å². The lowest BCUT2D eigenvalue weighted by atomic mass is 10.2. The van der Waals surface area contributed by atoms with Crippen molar-refractivity contribution in [3.63, 3.8) is 0 Å². The molecule has 0 aliphatic heterocycles. The molecule has 0 N–H and O–H groups in total. The number of ether oxygens (including phenoxy) is 1. The number of nitrogens with zero attached hydrogens (tertiary/aromatic N) is 2. The van der Waals surface area contributed by atoms with Gasteiger partial charge in [0.1, 0.15) is 11.0 Å². The van der Waals surface area contributed by atoms with E-state index in [1.54, 1.807) is 6.07 Å². The molecule has 0 aliphatic carbocycles. The molecule has 0 aromatic carbocycles. The van der Waals surface area contributed by atoms with Crippen molar-refractivity contribution in [2.45, 2.75) is 33.6 Å². The molecule has 0 spiro atoms. The summed E-state index contributed by atoms with van der Waals surface area (Å²) >= 11 is 5.87. The van der Waals surface area contributed by atoms with Crippen LogP contribution < -0.4 is 4.74 Å². The van der Waals surface area contributed by atoms with Crippen molar-refractivity contribution in [3.8, 4) is 5.88 Å². The van der Waals surface area contributed by atoms with Crippen molar-refractivity contribution in [3.05, 3.63) is 17.0 Å². The van der Waals surface area contributed by atoms with Gasteiger partial charge in [-0.2, -0.15) is 4.98 Å². The highest BCUT2D eigenvalue weighted by Crippen LogP contribution is 2.15. The standard InChI is InChI=1S/C11H17ClN2O/c1-4-5-10-13-9(12)6-11(14-10)15-7-8(2)3/h6,8H,4-5,7H2,1-3H3. The highest BCUT2D eigenvalue weighted by molar-refractivity contribution is 6.29. The number of hydrogen-bond acceptors (Lipinski definition) is 3. The second kappa shape index (κ2) is 5.91. The Hall–Kier alpha value is -0.830. The molecule has 4 heteroatoms. The fourth-order valence-electron chi connectivity index (χ4n) is 1.10. The average Bonchev–Trinajstić information content (AvgIpc) is 2.14. The molecule has 0 radical (unpaired) electrons. The molecule has 84 valence electrons. The molecule has 0 unspecified atom stereocenters. The maximum atomic E-state index is 5.87. The predicted octanol–water partition coefficient (Wildman–Crippen LogP) is 3.12. The molecule has 3 nitrogen and oxygen atoms in total. The zero-order valence-electron chi connectivity index (χ0n) is 9.46. The van der Waals surface area contributed by atoms with Gasteiger partial charge in [0.15, 0.2) is 0 Å². The monoisotopic (exact) mass is 228 g/mol. The molecule has 15 heavy (non-hydrogen) atoms. The second-order valence-corrected chi connectivity index (χ2v) is 4.29. The van der Waals surface area contributed by atoms with Gasteiger partial charge in [0.2, 0.25) is 5.88 Å². The smallest absolute Gasteiger partial charge is 0.218 e. The molecule has 0 aliphatic rings. The first-order valence-electron chi connectivity index (χ1n) is 5.28. The fourth-order valence-corrected chi connectivity index (χ4v) is 1.29. The van der Waals surface area contributed by atoms with Gasteiger partial charge in [-0.1, -0.05) is 32.4 Å². The van der Waals surface area contributed by atoms with E-state index in [1.165, 1.54) is 0 Å². The van der Waals surface area contributed by atoms with Gasteiger partial charge in [-0.15, -0.1) is 0 Å². The molecule has 1 aromatic rings. The summed E-state index contributed by atoms with van der Waals surface area (Å²) in [6, 6.07) is 1.66. The summed E-state index contributed by atoms with van der Waals surface area (Å²) in [7, 11) is 0. The lowest BCUT2D eigenvalue weighted by molar-refractivity contribution is 0.260. The molecule has 1 rings (SSSR count). The van der Waals surface area contributed by atoms with Crippen LogP contribution in [0.2, 0.25) is 5.15 Å². The molecular weight excluding hydrogens is 212 g/mol. The van der Waals surface area contributed by atoms with E-state index in [-0.39, 0.29) is 0 Å². The maximum absolute atomic E-state index is 5.87. The summed E-state index contributed by atoms with van der Waals surface area (Å²) < 4.78 is 5.50. The molecule has 0 bridgehead atoms. The number of rotatable bonds is 5. The Morgan fingerprint density at radius 2 is 2.13 bits per heavy atom. The lowest BCUT2D eigenvalue weighted by Crippen LogP contribution is -2.07. The summed E-state index contributed by atoms with van der Waals surface area (Å²) in [5, 5.41) is 0.451. The largest absolute Gasteiger partial charge is 0.477 e. The quantitative estimate of drug-likeness (QED) is 0.727. The zero-order valence-corrected chi connectivity index (χ0v) is 10.2. The van der Waals surface area contributed by atoms with Crippen LogP contribution >= 0.6 is 11.6 Å². The Bertz CT molecular complexity index is 315. The van der Waals surface area contributed by atoms with Crippen LogP contribution in [0.4, 0.5) is 0 Å². The van der Waals surface area contributed by atoms with Gasteiger partial charge in [-0.3, -0.25) is 0 Å². The summed E-state index contributed by atoms with van der Waals surface area (Å²) in [6.45, 7) is 6.92. The molecule has 0 amide bonds. The van der Waals surface area contributed by atoms with Crippen LogP contribution in [-0.4, -0.2) is 16.6 Å². The van der Waals surface area contributed by atoms with E-state index in [2.05, 4.69) is 30.7 Å². The Labute approximate surface area is 95.8 Å². The van der Waals surface area contributed by atoms with Crippen molar-refractivity contribution in [2.24, 2.45) is 5.92 Å². The average molecular weight is 229 g/mol. The summed E-state index contributed by atoms with van der Waals surface area (Å²) in [6.07, 6.45) is 1.84. The van der Waals surface area contributed by atoms with Crippen LogP contribution in [0, 0.1) is 5.92 Å². The van der Waals surface area contributed by atoms with Crippen LogP contribution in [-0.2, 0) is 6.42 Å². The second-order valence-electron chi connectivity index (χ2n) is 3.90. The number of aryl methyl sites for hydroxylation is 1. The van der Waals surface area contributed by atoms with E-state index in [9.17, 15) is 0 Å². The highest BCUT2D eigenvalue weighted by atomic mass is 35.5. The van der Waals surface area contributed by atoms with E-state index in [0.29, 0.717) is 23.6 Å². The summed E-state index contributed by atoms with van der Waals surface area (Å²) in [4.78, 5) is 8.40. The summed E-state index contributed by atoms with van der Waals surface area (Å²) in [5.41, 5.74) is 0. The van der Waals surface area contributed by atoms with Gasteiger partial charge in [0, 0.05) is 12.5 Å². The number of aromatic nitrogens is 2. The van der Waals surface area contributed by atoms with E-state index in [4.69, 9.17) is 16.3 Å². The first kappa shape index (κ1) is 12.2. The van der Waals surface area contributed by atoms with E-state index in [1.807, 2.05) is 0 Å². The Kier molecular flexibility index (Phi) is 4.82. The summed E-state index contributed by atoms with van der Waals surface area (Å²) in [5.74, 6) is 1.81. The minimum absolute atomic E-state index is 0.451. The normalized spacial score (nSPS) is 10.7. The molecular formula is C11H17ClN2O. The SMILES string of the molecule is CCCc1nc(Cl)cc(OCC(C)C)n1. The zero-order chi connectivity index (χ0) is 11.3. The molecule has 0 atom stereocenters. The van der Waals surface area contributed by atoms with Gasteiger partial charge in [0.05, 0.1) is 6.61 Å². The Morgan fingerprint density at radius 1 is 1.40 bits per heavy atom. The third-order valence-electron chi connectivity index (χ3n) is 1.76. The minimum atomic E-state index is 0.451. The highest BCUT2D eigenvalue weighted by Gasteiger charge is 2.04. The maximum Gasteiger partial charge on any atom is 0.218 e. The fraction of sp³-hybridized carbons (Fsp3) is 0.636. The molecule has 1 aromatic heterocycles. The van der Waals surface area contributed by atoms with Crippen LogP contribution in [0.5, 0.6) is 5.88 Å². The third-order valence-corrected chi connectivity index (χ3v) is 1.95. The minimum Gasteiger partial charge on any atom is -0.477 e. The molecule has 1 heterocycles. The van der Waals surface area contributed by atoms with Crippen LogP contribution in [0.1, 0.15) is 33.0 Å². The van der Waals surface area contributed by atoms with Crippen molar-refractivity contribution in [1.29, 1.82) is 0 Å². The van der Waals surface area contributed by atoms with Crippen molar-refractivity contribution in [2.75, 3.05) is 6.61 Å². The topological polar surface area (TPSA) is 35.0 Å². The predicted molar refractivity (Wildman–Crippen MR) is 61.4 cm³/mol. The first-order valence-corrected chi connectivity index (χ1v) is 5.66. The van der Waals surface area contributed by atoms with Crippen LogP contribution in [0.15, 0.2) is 6.07 Å². The Balaban J connectivity index is 2.70. The molecule has 0 saturated carbocycles. The van der Waals surface area contributed by atoms with Gasteiger partial charge in [0.25, 0.3) is 0 Å². The van der Waals surface area contributed by atoms with E-state index >= 15 is 0 Å². The molecule has 0 fully saturated rings. The number of halogens is 1. The van der Waals surface area contributed by atoms with E-state index < -0.39 is 0 Å². The number of hydrogen-bond donors (Lipinski definition) is 0. The lowest BCUT2D eigenvalue weighted by Gasteiger charge is -2.08. The first-order chi connectivity index (χ1) is 7.11.